The van der Waals surface area contributed by atoms with Gasteiger partial charge in [0, 0.05) is 0 Å². The first-order chi connectivity index (χ1) is 10.4. The molecule has 1 rings (SSSR count). The van der Waals surface area contributed by atoms with Crippen LogP contribution in [0.3, 0.4) is 0 Å². The second-order valence-corrected chi connectivity index (χ2v) is 6.57. The van der Waals surface area contributed by atoms with Crippen LogP contribution in [0, 0.1) is 29.1 Å². The molecule has 1 aliphatic carbocycles. The molecule has 0 spiro atoms. The van der Waals surface area contributed by atoms with Crippen LogP contribution in [0.4, 0.5) is 17.6 Å². The summed E-state index contributed by atoms with van der Waals surface area (Å²) in [5.74, 6) is 0.767. The summed E-state index contributed by atoms with van der Waals surface area (Å²) in [6.07, 6.45) is -5.92. The zero-order valence-electron chi connectivity index (χ0n) is 12.5. The maximum Gasteiger partial charge on any atom is 0.412 e. The van der Waals surface area contributed by atoms with Crippen LogP contribution < -0.4 is 0 Å². The standard InChI is InChI=1S/C15H14Cl2F4O2/c1-4-5-10(9(18)7-15(19,20)21)23-13(22)12-8(6-11(16)17)14(12,2)3/h6-8,10,12H,1-3H3/b9-7-. The molecule has 0 aromatic heterocycles. The van der Waals surface area contributed by atoms with Gasteiger partial charge in [-0.1, -0.05) is 43.0 Å². The zero-order valence-corrected chi connectivity index (χ0v) is 14.0. The Morgan fingerprint density at radius 1 is 1.35 bits per heavy atom. The number of ether oxygens (including phenoxy) is 1. The van der Waals surface area contributed by atoms with Crippen LogP contribution in [0.25, 0.3) is 0 Å². The molecule has 0 aromatic rings. The van der Waals surface area contributed by atoms with Gasteiger partial charge in [-0.15, -0.1) is 5.92 Å². The summed E-state index contributed by atoms with van der Waals surface area (Å²) < 4.78 is 55.0. The number of allylic oxidation sites excluding steroid dienone is 2. The van der Waals surface area contributed by atoms with Crippen molar-refractivity contribution < 1.29 is 27.1 Å². The fraction of sp³-hybridized carbons (Fsp3) is 0.533. The van der Waals surface area contributed by atoms with Crippen LogP contribution in [-0.4, -0.2) is 18.2 Å². The lowest BCUT2D eigenvalue weighted by molar-refractivity contribution is -0.148. The van der Waals surface area contributed by atoms with Crippen LogP contribution in [-0.2, 0) is 9.53 Å². The summed E-state index contributed by atoms with van der Waals surface area (Å²) in [6, 6.07) is 0. The normalized spacial score (nSPS) is 24.1. The molecule has 3 atom stereocenters. The van der Waals surface area contributed by atoms with Crippen molar-refractivity contribution in [2.45, 2.75) is 33.1 Å². The molecule has 0 saturated heterocycles. The van der Waals surface area contributed by atoms with Crippen LogP contribution in [0.1, 0.15) is 20.8 Å². The lowest BCUT2D eigenvalue weighted by atomic mass is 10.1. The van der Waals surface area contributed by atoms with E-state index < -0.39 is 41.5 Å². The van der Waals surface area contributed by atoms with Gasteiger partial charge in [-0.2, -0.15) is 13.2 Å². The van der Waals surface area contributed by atoms with Crippen molar-refractivity contribution in [2.75, 3.05) is 0 Å². The smallest absolute Gasteiger partial charge is 0.412 e. The highest BCUT2D eigenvalue weighted by Gasteiger charge is 2.62. The van der Waals surface area contributed by atoms with Crippen molar-refractivity contribution >= 4 is 29.2 Å². The SMILES string of the molecule is CC#CC(OC(=O)C1C(C=C(Cl)Cl)C1(C)C)/C(F)=C/C(F)(F)F. The second-order valence-electron chi connectivity index (χ2n) is 5.56. The van der Waals surface area contributed by atoms with Crippen molar-refractivity contribution in [1.82, 2.24) is 0 Å². The molecule has 2 nitrogen and oxygen atoms in total. The van der Waals surface area contributed by atoms with Crippen LogP contribution in [0.2, 0.25) is 0 Å². The minimum Gasteiger partial charge on any atom is -0.441 e. The maximum atomic E-state index is 13.6. The molecule has 3 unspecified atom stereocenters. The predicted octanol–water partition coefficient (Wildman–Crippen LogP) is 4.93. The monoisotopic (exact) mass is 372 g/mol. The highest BCUT2D eigenvalue weighted by atomic mass is 35.5. The minimum atomic E-state index is -4.87. The summed E-state index contributed by atoms with van der Waals surface area (Å²) in [7, 11) is 0. The van der Waals surface area contributed by atoms with E-state index in [2.05, 4.69) is 11.8 Å². The number of esters is 1. The van der Waals surface area contributed by atoms with Gasteiger partial charge < -0.3 is 4.74 Å². The Bertz CT molecular complexity index is 593. The summed E-state index contributed by atoms with van der Waals surface area (Å²) in [5, 5.41) is 0. The van der Waals surface area contributed by atoms with Gasteiger partial charge >= 0.3 is 12.1 Å². The van der Waals surface area contributed by atoms with E-state index in [9.17, 15) is 22.4 Å². The average molecular weight is 373 g/mol. The molecular weight excluding hydrogens is 359 g/mol. The van der Waals surface area contributed by atoms with Crippen molar-refractivity contribution in [3.8, 4) is 11.8 Å². The number of rotatable bonds is 4. The Morgan fingerprint density at radius 2 is 1.91 bits per heavy atom. The number of hydrogen-bond acceptors (Lipinski definition) is 2. The second kappa shape index (κ2) is 7.14. The fourth-order valence-corrected chi connectivity index (χ4v) is 2.55. The molecule has 23 heavy (non-hydrogen) atoms. The number of halogens is 6. The lowest BCUT2D eigenvalue weighted by Gasteiger charge is -2.12. The van der Waals surface area contributed by atoms with Crippen molar-refractivity contribution in [3.63, 3.8) is 0 Å². The molecule has 0 aromatic carbocycles. The number of carbonyl (C=O) groups is 1. The van der Waals surface area contributed by atoms with Gasteiger partial charge in [-0.25, -0.2) is 4.39 Å². The van der Waals surface area contributed by atoms with Gasteiger partial charge in [0.1, 0.15) is 4.49 Å². The largest absolute Gasteiger partial charge is 0.441 e. The van der Waals surface area contributed by atoms with Crippen molar-refractivity contribution in [3.05, 3.63) is 22.5 Å². The Hall–Kier alpha value is -1.19. The third-order valence-electron chi connectivity index (χ3n) is 3.53. The van der Waals surface area contributed by atoms with Crippen LogP contribution in [0.15, 0.2) is 22.5 Å². The van der Waals surface area contributed by atoms with E-state index in [0.717, 1.165) is 0 Å². The van der Waals surface area contributed by atoms with Gasteiger partial charge in [0.2, 0.25) is 6.10 Å². The van der Waals surface area contributed by atoms with Gasteiger partial charge in [0.15, 0.2) is 5.83 Å². The Morgan fingerprint density at radius 3 is 2.35 bits per heavy atom. The molecule has 1 aliphatic rings. The van der Waals surface area contributed by atoms with Gasteiger partial charge in [0.05, 0.1) is 12.0 Å². The van der Waals surface area contributed by atoms with E-state index in [1.165, 1.54) is 13.0 Å². The third-order valence-corrected chi connectivity index (χ3v) is 3.78. The van der Waals surface area contributed by atoms with Gasteiger partial charge in [-0.05, 0) is 24.3 Å². The molecule has 128 valence electrons. The van der Waals surface area contributed by atoms with Gasteiger partial charge in [0.25, 0.3) is 0 Å². The fourth-order valence-electron chi connectivity index (χ4n) is 2.28. The number of hydrogen-bond donors (Lipinski definition) is 0. The van der Waals surface area contributed by atoms with Gasteiger partial charge in [-0.3, -0.25) is 4.79 Å². The molecular formula is C15H14Cl2F4O2. The summed E-state index contributed by atoms with van der Waals surface area (Å²) >= 11 is 11.1. The average Bonchev–Trinajstić information content (AvgIpc) is 2.87. The van der Waals surface area contributed by atoms with Crippen LogP contribution >= 0.6 is 23.2 Å². The Labute approximate surface area is 141 Å². The van der Waals surface area contributed by atoms with E-state index >= 15 is 0 Å². The molecule has 1 saturated carbocycles. The highest BCUT2D eigenvalue weighted by molar-refractivity contribution is 6.55. The topological polar surface area (TPSA) is 26.3 Å². The zero-order chi connectivity index (χ0) is 18.0. The summed E-state index contributed by atoms with van der Waals surface area (Å²) in [6.45, 7) is 4.76. The van der Waals surface area contributed by atoms with E-state index in [0.29, 0.717) is 0 Å². The Kier molecular flexibility index (Phi) is 6.17. The summed E-state index contributed by atoms with van der Waals surface area (Å²) in [4.78, 5) is 12.1. The predicted molar refractivity (Wildman–Crippen MR) is 79.1 cm³/mol. The lowest BCUT2D eigenvalue weighted by Crippen LogP contribution is -2.21. The van der Waals surface area contributed by atoms with E-state index in [1.54, 1.807) is 13.8 Å². The first-order valence-corrected chi connectivity index (χ1v) is 7.26. The minimum absolute atomic E-state index is 0.0357. The molecule has 0 heterocycles. The maximum absolute atomic E-state index is 13.6. The Balaban J connectivity index is 2.90. The van der Waals surface area contributed by atoms with Crippen molar-refractivity contribution in [1.29, 1.82) is 0 Å². The molecule has 8 heteroatoms. The first-order valence-electron chi connectivity index (χ1n) is 6.50. The summed E-state index contributed by atoms with van der Waals surface area (Å²) in [5.41, 5.74) is -0.541. The molecule has 0 aliphatic heterocycles. The van der Waals surface area contributed by atoms with E-state index in [4.69, 9.17) is 27.9 Å². The van der Waals surface area contributed by atoms with Crippen molar-refractivity contribution in [2.24, 2.45) is 17.3 Å². The molecule has 0 radical (unpaired) electrons. The first kappa shape index (κ1) is 19.9. The van der Waals surface area contributed by atoms with E-state index in [1.807, 2.05) is 0 Å². The molecule has 0 amide bonds. The van der Waals surface area contributed by atoms with Crippen LogP contribution in [0.5, 0.6) is 0 Å². The third kappa shape index (κ3) is 5.43. The molecule has 0 bridgehead atoms. The highest BCUT2D eigenvalue weighted by Crippen LogP contribution is 2.60. The molecule has 0 N–H and O–H groups in total. The number of alkyl halides is 3. The quantitative estimate of drug-likeness (QED) is 0.397. The number of carbonyl (C=O) groups excluding carboxylic acids is 1. The van der Waals surface area contributed by atoms with E-state index in [-0.39, 0.29) is 10.4 Å². The molecule has 1 fully saturated rings.